The molecule has 2 aromatic carbocycles. The lowest BCUT2D eigenvalue weighted by Crippen LogP contribution is -2.09. The van der Waals surface area contributed by atoms with Gasteiger partial charge in [0.05, 0.1) is 0 Å². The van der Waals surface area contributed by atoms with Crippen LogP contribution in [0.2, 0.25) is 0 Å². The number of benzene rings is 2. The quantitative estimate of drug-likeness (QED) is 0.614. The molecule has 1 heteroatoms. The molecule has 24 heavy (non-hydrogen) atoms. The second-order valence-electron chi connectivity index (χ2n) is 6.84. The van der Waals surface area contributed by atoms with Crippen LogP contribution in [0.15, 0.2) is 55.1 Å². The van der Waals surface area contributed by atoms with Crippen molar-refractivity contribution in [2.24, 2.45) is 0 Å². The third-order valence-electron chi connectivity index (χ3n) is 5.11. The Bertz CT molecular complexity index is 808. The summed E-state index contributed by atoms with van der Waals surface area (Å²) < 4.78 is 0. The van der Waals surface area contributed by atoms with Crippen molar-refractivity contribution in [2.75, 3.05) is 0 Å². The van der Waals surface area contributed by atoms with Gasteiger partial charge in [0.25, 0.3) is 0 Å². The van der Waals surface area contributed by atoms with Crippen LogP contribution in [0, 0.1) is 0 Å². The van der Waals surface area contributed by atoms with E-state index in [1.54, 1.807) is 6.92 Å². The molecule has 2 unspecified atom stereocenters. The van der Waals surface area contributed by atoms with Crippen LogP contribution in [0.5, 0.6) is 0 Å². The Balaban J connectivity index is 1.99. The summed E-state index contributed by atoms with van der Waals surface area (Å²) in [5.41, 5.74) is 6.92. The molecule has 3 rings (SSSR count). The molecule has 1 aliphatic carbocycles. The number of allylic oxidation sites excluding steroid dienone is 2. The van der Waals surface area contributed by atoms with Gasteiger partial charge in [-0.3, -0.25) is 4.79 Å². The third kappa shape index (κ3) is 3.12. The van der Waals surface area contributed by atoms with Gasteiger partial charge in [0.2, 0.25) is 0 Å². The largest absolute Gasteiger partial charge is 0.295 e. The number of carbonyl (C=O) groups is 1. The molecule has 1 nitrogen and oxygen atoms in total. The Morgan fingerprint density at radius 3 is 2.33 bits per heavy atom. The highest BCUT2D eigenvalue weighted by atomic mass is 16.1. The van der Waals surface area contributed by atoms with Gasteiger partial charge in [0.15, 0.2) is 5.78 Å². The summed E-state index contributed by atoms with van der Waals surface area (Å²) in [5, 5.41) is 0. The standard InChI is InChI=1S/C23H24O/c1-15(2)18-8-10-20(11-9-18)22-7-5-6-19-12-13-21(17(4)24)14-23(19)16(22)3/h5-6,8-14,16,22H,1,7H2,2-4H3. The lowest BCUT2D eigenvalue weighted by atomic mass is 9.80. The summed E-state index contributed by atoms with van der Waals surface area (Å²) in [6, 6.07) is 14.8. The van der Waals surface area contributed by atoms with Gasteiger partial charge in [0.1, 0.15) is 0 Å². The smallest absolute Gasteiger partial charge is 0.159 e. The van der Waals surface area contributed by atoms with E-state index in [-0.39, 0.29) is 5.78 Å². The van der Waals surface area contributed by atoms with E-state index < -0.39 is 0 Å². The Morgan fingerprint density at radius 1 is 1.04 bits per heavy atom. The maximum atomic E-state index is 11.8. The summed E-state index contributed by atoms with van der Waals surface area (Å²) in [4.78, 5) is 11.8. The molecule has 0 N–H and O–H groups in total. The first-order valence-electron chi connectivity index (χ1n) is 8.54. The van der Waals surface area contributed by atoms with Crippen molar-refractivity contribution in [1.29, 1.82) is 0 Å². The summed E-state index contributed by atoms with van der Waals surface area (Å²) in [7, 11) is 0. The molecule has 0 saturated carbocycles. The number of carbonyl (C=O) groups excluding carboxylic acids is 1. The Labute approximate surface area is 144 Å². The monoisotopic (exact) mass is 316 g/mol. The summed E-state index contributed by atoms with van der Waals surface area (Å²) in [5.74, 6) is 0.912. The van der Waals surface area contributed by atoms with Gasteiger partial charge in [-0.2, -0.15) is 0 Å². The van der Waals surface area contributed by atoms with E-state index in [9.17, 15) is 4.79 Å². The number of ketones is 1. The number of hydrogen-bond donors (Lipinski definition) is 0. The molecule has 0 heterocycles. The average molecular weight is 316 g/mol. The van der Waals surface area contributed by atoms with Crippen molar-refractivity contribution in [1.82, 2.24) is 0 Å². The zero-order chi connectivity index (χ0) is 17.3. The Morgan fingerprint density at radius 2 is 1.71 bits per heavy atom. The fourth-order valence-electron chi connectivity index (χ4n) is 3.54. The molecule has 1 aliphatic rings. The maximum Gasteiger partial charge on any atom is 0.159 e. The van der Waals surface area contributed by atoms with Crippen molar-refractivity contribution in [2.45, 2.75) is 39.0 Å². The zero-order valence-electron chi connectivity index (χ0n) is 14.7. The van der Waals surface area contributed by atoms with Crippen LogP contribution >= 0.6 is 0 Å². The second kappa shape index (κ2) is 6.60. The van der Waals surface area contributed by atoms with E-state index in [0.717, 1.165) is 17.6 Å². The molecule has 0 amide bonds. The van der Waals surface area contributed by atoms with Crippen molar-refractivity contribution in [3.8, 4) is 0 Å². The fourth-order valence-corrected chi connectivity index (χ4v) is 3.54. The minimum absolute atomic E-state index is 0.126. The highest BCUT2D eigenvalue weighted by Gasteiger charge is 2.24. The van der Waals surface area contributed by atoms with Crippen LogP contribution in [0.4, 0.5) is 0 Å². The first-order valence-corrected chi connectivity index (χ1v) is 8.54. The molecule has 0 aromatic heterocycles. The number of Topliss-reactive ketones (excluding diaryl/α,β-unsaturated/α-hetero) is 1. The summed E-state index contributed by atoms with van der Waals surface area (Å²) in [6.07, 6.45) is 5.46. The molecule has 2 aromatic rings. The number of fused-ring (bicyclic) bond motifs is 1. The topological polar surface area (TPSA) is 17.1 Å². The number of hydrogen-bond acceptors (Lipinski definition) is 1. The van der Waals surface area contributed by atoms with Gasteiger partial charge in [-0.1, -0.05) is 67.6 Å². The van der Waals surface area contributed by atoms with E-state index >= 15 is 0 Å². The van der Waals surface area contributed by atoms with E-state index in [1.165, 1.54) is 22.3 Å². The lowest BCUT2D eigenvalue weighted by molar-refractivity contribution is 0.101. The molecular weight excluding hydrogens is 292 g/mol. The van der Waals surface area contributed by atoms with Crippen molar-refractivity contribution in [3.63, 3.8) is 0 Å². The highest BCUT2D eigenvalue weighted by Crippen LogP contribution is 2.40. The Hall–Kier alpha value is -2.41. The van der Waals surface area contributed by atoms with E-state index in [1.807, 2.05) is 13.0 Å². The maximum absolute atomic E-state index is 11.8. The predicted octanol–water partition coefficient (Wildman–Crippen LogP) is 6.23. The van der Waals surface area contributed by atoms with E-state index in [0.29, 0.717) is 11.8 Å². The first kappa shape index (κ1) is 16.4. The Kier molecular flexibility index (Phi) is 4.53. The normalized spacial score (nSPS) is 19.5. The molecule has 122 valence electrons. The molecular formula is C23H24O. The van der Waals surface area contributed by atoms with Gasteiger partial charge in [-0.15, -0.1) is 0 Å². The van der Waals surface area contributed by atoms with Crippen molar-refractivity contribution in [3.05, 3.63) is 82.9 Å². The van der Waals surface area contributed by atoms with Crippen molar-refractivity contribution < 1.29 is 4.79 Å². The predicted molar refractivity (Wildman–Crippen MR) is 102 cm³/mol. The van der Waals surface area contributed by atoms with Crippen molar-refractivity contribution >= 4 is 17.4 Å². The average Bonchev–Trinajstić information content (AvgIpc) is 2.74. The first-order chi connectivity index (χ1) is 11.5. The molecule has 0 fully saturated rings. The zero-order valence-corrected chi connectivity index (χ0v) is 14.7. The minimum Gasteiger partial charge on any atom is -0.295 e. The summed E-state index contributed by atoms with van der Waals surface area (Å²) >= 11 is 0. The molecule has 0 saturated heterocycles. The molecule has 0 bridgehead atoms. The highest BCUT2D eigenvalue weighted by molar-refractivity contribution is 5.94. The third-order valence-corrected chi connectivity index (χ3v) is 5.11. The van der Waals surface area contributed by atoms with Crippen LogP contribution in [-0.4, -0.2) is 5.78 Å². The van der Waals surface area contributed by atoms with Gasteiger partial charge in [-0.05, 0) is 60.4 Å². The van der Waals surface area contributed by atoms with Crippen LogP contribution in [0.25, 0.3) is 11.6 Å². The van der Waals surface area contributed by atoms with Gasteiger partial charge in [-0.25, -0.2) is 0 Å². The van der Waals surface area contributed by atoms with E-state index in [2.05, 4.69) is 62.1 Å². The van der Waals surface area contributed by atoms with Crippen LogP contribution in [0.3, 0.4) is 0 Å². The molecule has 0 aliphatic heterocycles. The van der Waals surface area contributed by atoms with E-state index in [4.69, 9.17) is 0 Å². The molecule has 0 spiro atoms. The lowest BCUT2D eigenvalue weighted by Gasteiger charge is -2.24. The summed E-state index contributed by atoms with van der Waals surface area (Å²) in [6.45, 7) is 9.95. The van der Waals surface area contributed by atoms with Crippen LogP contribution in [-0.2, 0) is 0 Å². The molecule has 0 radical (unpaired) electrons. The second-order valence-corrected chi connectivity index (χ2v) is 6.84. The SMILES string of the molecule is C=C(C)c1ccc(C2CC=Cc3ccc(C(C)=O)cc3C2C)cc1. The molecule has 2 atom stereocenters. The number of rotatable bonds is 3. The van der Waals surface area contributed by atoms with Gasteiger partial charge in [0, 0.05) is 5.56 Å². The minimum atomic E-state index is 0.126. The van der Waals surface area contributed by atoms with Crippen LogP contribution in [0.1, 0.15) is 71.6 Å². The van der Waals surface area contributed by atoms with Crippen LogP contribution < -0.4 is 0 Å². The fraction of sp³-hybridized carbons (Fsp3) is 0.261. The van der Waals surface area contributed by atoms with Gasteiger partial charge < -0.3 is 0 Å². The van der Waals surface area contributed by atoms with Gasteiger partial charge >= 0.3 is 0 Å².